The lowest BCUT2D eigenvalue weighted by atomic mass is 10.2. The van der Waals surface area contributed by atoms with Crippen molar-refractivity contribution in [2.75, 3.05) is 27.3 Å². The van der Waals surface area contributed by atoms with E-state index in [0.717, 1.165) is 19.3 Å². The predicted octanol–water partition coefficient (Wildman–Crippen LogP) is 2.64. The van der Waals surface area contributed by atoms with Crippen molar-refractivity contribution in [2.24, 2.45) is 5.10 Å². The number of rotatable bonds is 7. The Morgan fingerprint density at radius 2 is 1.83 bits per heavy atom. The lowest BCUT2D eigenvalue weighted by Crippen LogP contribution is -2.35. The minimum absolute atomic E-state index is 0.109. The molecule has 8 nitrogen and oxygen atoms in total. The molecule has 30 heavy (non-hydrogen) atoms. The lowest BCUT2D eigenvalue weighted by Gasteiger charge is -2.25. The largest absolute Gasteiger partial charge is 0.497 e. The van der Waals surface area contributed by atoms with Gasteiger partial charge in [0, 0.05) is 30.3 Å². The van der Waals surface area contributed by atoms with E-state index in [2.05, 4.69) is 10.5 Å². The van der Waals surface area contributed by atoms with Crippen LogP contribution < -0.4 is 14.9 Å². The van der Waals surface area contributed by atoms with Crippen LogP contribution in [0.1, 0.15) is 35.2 Å². The molecule has 1 N–H and O–H groups in total. The van der Waals surface area contributed by atoms with Crippen LogP contribution in [0.5, 0.6) is 11.5 Å². The molecule has 0 aromatic heterocycles. The normalized spacial score (nSPS) is 15.1. The number of hydrazone groups is 1. The summed E-state index contributed by atoms with van der Waals surface area (Å²) >= 11 is 0. The highest BCUT2D eigenvalue weighted by molar-refractivity contribution is 7.89. The van der Waals surface area contributed by atoms with Crippen molar-refractivity contribution in [2.45, 2.75) is 24.2 Å². The maximum Gasteiger partial charge on any atom is 0.271 e. The fourth-order valence-corrected chi connectivity index (χ4v) is 4.77. The molecule has 1 aliphatic heterocycles. The highest BCUT2D eigenvalue weighted by atomic mass is 32.2. The smallest absolute Gasteiger partial charge is 0.271 e. The van der Waals surface area contributed by atoms with Gasteiger partial charge in [-0.3, -0.25) is 4.79 Å². The van der Waals surface area contributed by atoms with Crippen LogP contribution in [0.25, 0.3) is 0 Å². The van der Waals surface area contributed by atoms with Gasteiger partial charge >= 0.3 is 0 Å². The molecule has 0 bridgehead atoms. The van der Waals surface area contributed by atoms with Gasteiger partial charge in [0.15, 0.2) is 0 Å². The van der Waals surface area contributed by atoms with Crippen molar-refractivity contribution < 1.29 is 22.7 Å². The lowest BCUT2D eigenvalue weighted by molar-refractivity contribution is 0.0955. The van der Waals surface area contributed by atoms with E-state index in [1.54, 1.807) is 37.4 Å². The summed E-state index contributed by atoms with van der Waals surface area (Å²) < 4.78 is 37.6. The van der Waals surface area contributed by atoms with Crippen molar-refractivity contribution in [3.8, 4) is 11.5 Å². The third-order valence-corrected chi connectivity index (χ3v) is 6.75. The number of carbonyl (C=O) groups is 1. The minimum Gasteiger partial charge on any atom is -0.497 e. The van der Waals surface area contributed by atoms with Crippen LogP contribution in [-0.2, 0) is 10.0 Å². The fraction of sp³-hybridized carbons (Fsp3) is 0.333. The van der Waals surface area contributed by atoms with Crippen molar-refractivity contribution in [1.29, 1.82) is 0 Å². The van der Waals surface area contributed by atoms with E-state index in [1.807, 2.05) is 0 Å². The van der Waals surface area contributed by atoms with Gasteiger partial charge in [0.25, 0.3) is 5.91 Å². The maximum atomic E-state index is 12.8. The topological polar surface area (TPSA) is 97.3 Å². The Balaban J connectivity index is 1.72. The zero-order valence-electron chi connectivity index (χ0n) is 17.0. The summed E-state index contributed by atoms with van der Waals surface area (Å²) in [6.45, 7) is 1.01. The molecule has 1 heterocycles. The summed E-state index contributed by atoms with van der Waals surface area (Å²) in [6.07, 6.45) is 4.18. The Morgan fingerprint density at radius 1 is 1.07 bits per heavy atom. The van der Waals surface area contributed by atoms with E-state index in [1.165, 1.54) is 29.8 Å². The molecule has 0 radical (unpaired) electrons. The third-order valence-electron chi connectivity index (χ3n) is 4.86. The van der Waals surface area contributed by atoms with Gasteiger partial charge in [-0.15, -0.1) is 0 Å². The van der Waals surface area contributed by atoms with Gasteiger partial charge in [-0.1, -0.05) is 12.5 Å². The Labute approximate surface area is 176 Å². The number of ether oxygens (including phenoxy) is 2. The molecular formula is C21H25N3O5S. The molecule has 1 aliphatic rings. The molecule has 2 aromatic rings. The monoisotopic (exact) mass is 431 g/mol. The van der Waals surface area contributed by atoms with Gasteiger partial charge in [0.05, 0.1) is 25.3 Å². The van der Waals surface area contributed by atoms with Gasteiger partial charge in [-0.25, -0.2) is 13.8 Å². The average molecular weight is 432 g/mol. The van der Waals surface area contributed by atoms with Gasteiger partial charge in [0.1, 0.15) is 11.5 Å². The molecule has 1 saturated heterocycles. The first-order valence-corrected chi connectivity index (χ1v) is 11.1. The molecule has 0 atom stereocenters. The summed E-state index contributed by atoms with van der Waals surface area (Å²) in [6, 6.07) is 11.2. The molecule has 0 saturated carbocycles. The van der Waals surface area contributed by atoms with Crippen molar-refractivity contribution in [3.63, 3.8) is 0 Å². The summed E-state index contributed by atoms with van der Waals surface area (Å²) in [5, 5.41) is 3.96. The van der Waals surface area contributed by atoms with E-state index in [4.69, 9.17) is 9.47 Å². The second kappa shape index (κ2) is 9.73. The zero-order valence-corrected chi connectivity index (χ0v) is 17.8. The molecule has 1 fully saturated rings. The SMILES string of the molecule is COc1ccc(/C=N\NC(=O)c2cccc(S(=O)(=O)N3CCCCC3)c2)c(OC)c1. The highest BCUT2D eigenvalue weighted by Gasteiger charge is 2.26. The van der Waals surface area contributed by atoms with Crippen LogP contribution >= 0.6 is 0 Å². The fourth-order valence-electron chi connectivity index (χ4n) is 3.20. The third kappa shape index (κ3) is 4.98. The van der Waals surface area contributed by atoms with Gasteiger partial charge in [0.2, 0.25) is 10.0 Å². The van der Waals surface area contributed by atoms with Crippen LogP contribution in [0.3, 0.4) is 0 Å². The average Bonchev–Trinajstić information content (AvgIpc) is 2.79. The number of benzene rings is 2. The summed E-state index contributed by atoms with van der Waals surface area (Å²) in [5.74, 6) is 0.677. The standard InChI is InChI=1S/C21H25N3O5S/c1-28-18-10-9-17(20(14-18)29-2)15-22-23-21(25)16-7-6-8-19(13-16)30(26,27)24-11-4-3-5-12-24/h6-10,13-15H,3-5,11-12H2,1-2H3,(H,23,25)/b22-15-. The Hall–Kier alpha value is -2.91. The molecule has 0 unspecified atom stereocenters. The molecule has 9 heteroatoms. The van der Waals surface area contributed by atoms with E-state index >= 15 is 0 Å². The number of nitrogens with zero attached hydrogens (tertiary/aromatic N) is 2. The minimum atomic E-state index is -3.61. The quantitative estimate of drug-likeness (QED) is 0.537. The van der Waals surface area contributed by atoms with Crippen LogP contribution in [0, 0.1) is 0 Å². The number of amides is 1. The Bertz CT molecular complexity index is 1030. The first-order valence-electron chi connectivity index (χ1n) is 9.61. The van der Waals surface area contributed by atoms with Crippen molar-refractivity contribution in [1.82, 2.24) is 9.73 Å². The molecule has 2 aromatic carbocycles. The number of methoxy groups -OCH3 is 2. The Morgan fingerprint density at radius 3 is 2.53 bits per heavy atom. The number of carbonyl (C=O) groups excluding carboxylic acids is 1. The first kappa shape index (κ1) is 21.8. The summed E-state index contributed by atoms with van der Waals surface area (Å²) in [7, 11) is -0.526. The van der Waals surface area contributed by atoms with E-state index in [0.29, 0.717) is 30.2 Å². The van der Waals surface area contributed by atoms with Crippen LogP contribution in [-0.4, -0.2) is 52.2 Å². The van der Waals surface area contributed by atoms with Crippen LogP contribution in [0.2, 0.25) is 0 Å². The van der Waals surface area contributed by atoms with Crippen LogP contribution in [0.15, 0.2) is 52.5 Å². The molecule has 0 spiro atoms. The number of sulfonamides is 1. The Kier molecular flexibility index (Phi) is 7.07. The predicted molar refractivity (Wildman–Crippen MR) is 114 cm³/mol. The van der Waals surface area contributed by atoms with Gasteiger partial charge in [-0.2, -0.15) is 9.41 Å². The molecular weight excluding hydrogens is 406 g/mol. The van der Waals surface area contributed by atoms with Gasteiger partial charge in [-0.05, 0) is 43.2 Å². The maximum absolute atomic E-state index is 12.8. The number of nitrogens with one attached hydrogen (secondary N) is 1. The molecule has 1 amide bonds. The second-order valence-electron chi connectivity index (χ2n) is 6.80. The first-order chi connectivity index (χ1) is 14.5. The van der Waals surface area contributed by atoms with Gasteiger partial charge < -0.3 is 9.47 Å². The second-order valence-corrected chi connectivity index (χ2v) is 8.74. The van der Waals surface area contributed by atoms with Crippen molar-refractivity contribution >= 4 is 22.1 Å². The molecule has 3 rings (SSSR count). The zero-order chi connectivity index (χ0) is 21.6. The summed E-state index contributed by atoms with van der Waals surface area (Å²) in [5.41, 5.74) is 3.29. The molecule has 0 aliphatic carbocycles. The van der Waals surface area contributed by atoms with E-state index < -0.39 is 15.9 Å². The molecule has 160 valence electrons. The summed E-state index contributed by atoms with van der Waals surface area (Å²) in [4.78, 5) is 12.6. The van der Waals surface area contributed by atoms with Crippen LogP contribution in [0.4, 0.5) is 0 Å². The number of hydrogen-bond donors (Lipinski definition) is 1. The van der Waals surface area contributed by atoms with Crippen molar-refractivity contribution in [3.05, 3.63) is 53.6 Å². The van der Waals surface area contributed by atoms with E-state index in [-0.39, 0.29) is 10.5 Å². The highest BCUT2D eigenvalue weighted by Crippen LogP contribution is 2.23. The number of piperidine rings is 1. The van der Waals surface area contributed by atoms with E-state index in [9.17, 15) is 13.2 Å². The number of hydrogen-bond acceptors (Lipinski definition) is 6.